The lowest BCUT2D eigenvalue weighted by Crippen LogP contribution is -2.05. The molecule has 0 saturated carbocycles. The van der Waals surface area contributed by atoms with E-state index in [0.29, 0.717) is 23.7 Å². The number of para-hydroxylation sites is 2. The van der Waals surface area contributed by atoms with Crippen molar-refractivity contribution in [3.8, 4) is 5.75 Å². The van der Waals surface area contributed by atoms with Crippen LogP contribution >= 0.6 is 11.3 Å². The molecule has 2 aromatic carbocycles. The smallest absolute Gasteiger partial charge is 0.229 e. The molecule has 0 radical (unpaired) electrons. The molecule has 1 N–H and O–H groups in total. The second-order valence-corrected chi connectivity index (χ2v) is 9.38. The number of thiophene rings is 1. The van der Waals surface area contributed by atoms with Gasteiger partial charge in [-0.25, -0.2) is 13.4 Å². The van der Waals surface area contributed by atoms with Crippen LogP contribution in [0.2, 0.25) is 0 Å². The standard InChI is InChI=1S/C21H17N5O3S2/c1-2-29-17-11-7-6-10-15(17)22-19-18-16(12-13-30-18)26-20(23-19)21(24-25-26)31(27,28)14-8-4-3-5-9-14/h3-13H,2H2,1H3,(H,22,23). The van der Waals surface area contributed by atoms with Gasteiger partial charge in [-0.05, 0) is 42.6 Å². The van der Waals surface area contributed by atoms with E-state index in [4.69, 9.17) is 4.74 Å². The fraction of sp³-hybridized carbons (Fsp3) is 0.0952. The highest BCUT2D eigenvalue weighted by Gasteiger charge is 2.27. The number of anilines is 2. The third-order valence-corrected chi connectivity index (χ3v) is 7.25. The van der Waals surface area contributed by atoms with Crippen molar-refractivity contribution in [1.29, 1.82) is 0 Å². The van der Waals surface area contributed by atoms with Gasteiger partial charge in [0, 0.05) is 0 Å². The third kappa shape index (κ3) is 3.29. The molecule has 0 aliphatic rings. The number of rotatable bonds is 6. The number of fused-ring (bicyclic) bond motifs is 3. The lowest BCUT2D eigenvalue weighted by atomic mass is 10.3. The van der Waals surface area contributed by atoms with Crippen LogP contribution in [0.15, 0.2) is 76.0 Å². The highest BCUT2D eigenvalue weighted by Crippen LogP contribution is 2.34. The van der Waals surface area contributed by atoms with Gasteiger partial charge in [0.05, 0.1) is 27.4 Å². The number of hydrogen-bond donors (Lipinski definition) is 1. The number of hydrogen-bond acceptors (Lipinski definition) is 8. The largest absolute Gasteiger partial charge is 0.492 e. The summed E-state index contributed by atoms with van der Waals surface area (Å²) in [5, 5.41) is 13.1. The van der Waals surface area contributed by atoms with Crippen molar-refractivity contribution in [3.63, 3.8) is 0 Å². The molecule has 0 bridgehead atoms. The molecule has 5 rings (SSSR count). The Bertz CT molecular complexity index is 1490. The van der Waals surface area contributed by atoms with E-state index in [9.17, 15) is 8.42 Å². The van der Waals surface area contributed by atoms with Gasteiger partial charge in [0.2, 0.25) is 14.9 Å². The minimum absolute atomic E-state index is 0.140. The minimum atomic E-state index is -3.89. The fourth-order valence-corrected chi connectivity index (χ4v) is 5.34. The summed E-state index contributed by atoms with van der Waals surface area (Å²) in [6.07, 6.45) is 0. The van der Waals surface area contributed by atoms with Crippen LogP contribution in [-0.2, 0) is 9.84 Å². The molecule has 10 heteroatoms. The van der Waals surface area contributed by atoms with E-state index in [1.165, 1.54) is 28.0 Å². The van der Waals surface area contributed by atoms with Crippen molar-refractivity contribution in [2.75, 3.05) is 11.9 Å². The van der Waals surface area contributed by atoms with Crippen LogP contribution in [0.4, 0.5) is 11.5 Å². The fourth-order valence-electron chi connectivity index (χ4n) is 3.27. The molecule has 31 heavy (non-hydrogen) atoms. The van der Waals surface area contributed by atoms with Gasteiger partial charge in [0.1, 0.15) is 5.75 Å². The summed E-state index contributed by atoms with van der Waals surface area (Å²) in [6, 6.07) is 17.5. The van der Waals surface area contributed by atoms with Crippen LogP contribution in [0.1, 0.15) is 6.92 Å². The normalized spacial score (nSPS) is 11.8. The van der Waals surface area contributed by atoms with Crippen LogP contribution in [0.25, 0.3) is 15.9 Å². The molecule has 3 heterocycles. The minimum Gasteiger partial charge on any atom is -0.492 e. The molecule has 0 fully saturated rings. The van der Waals surface area contributed by atoms with Crippen LogP contribution in [0, 0.1) is 0 Å². The number of nitrogens with zero attached hydrogens (tertiary/aromatic N) is 4. The zero-order chi connectivity index (χ0) is 21.4. The molecule has 0 amide bonds. The summed E-state index contributed by atoms with van der Waals surface area (Å²) in [5.74, 6) is 1.19. The van der Waals surface area contributed by atoms with E-state index in [1.54, 1.807) is 18.2 Å². The van der Waals surface area contributed by atoms with Crippen LogP contribution in [0.3, 0.4) is 0 Å². The van der Waals surface area contributed by atoms with Gasteiger partial charge in [-0.15, -0.1) is 16.4 Å². The Morgan fingerprint density at radius 1 is 1.06 bits per heavy atom. The average Bonchev–Trinajstić information content (AvgIpc) is 3.43. The zero-order valence-electron chi connectivity index (χ0n) is 16.4. The van der Waals surface area contributed by atoms with Gasteiger partial charge in [0.15, 0.2) is 11.5 Å². The number of ether oxygens (including phenoxy) is 1. The SMILES string of the molecule is CCOc1ccccc1Nc1nc2c(S(=O)(=O)c3ccccc3)nnn2c2ccsc12. The van der Waals surface area contributed by atoms with Crippen molar-refractivity contribution in [2.45, 2.75) is 16.8 Å². The van der Waals surface area contributed by atoms with Crippen LogP contribution in [-0.4, -0.2) is 34.8 Å². The summed E-state index contributed by atoms with van der Waals surface area (Å²) in [6.45, 7) is 2.43. The lowest BCUT2D eigenvalue weighted by molar-refractivity contribution is 0.342. The van der Waals surface area contributed by atoms with E-state index < -0.39 is 9.84 Å². The molecular weight excluding hydrogens is 434 g/mol. The molecule has 5 aromatic rings. The van der Waals surface area contributed by atoms with E-state index in [-0.39, 0.29) is 15.6 Å². The van der Waals surface area contributed by atoms with Gasteiger partial charge < -0.3 is 10.1 Å². The summed E-state index contributed by atoms with van der Waals surface area (Å²) in [7, 11) is -3.89. The lowest BCUT2D eigenvalue weighted by Gasteiger charge is -2.12. The molecule has 0 saturated heterocycles. The van der Waals surface area contributed by atoms with Gasteiger partial charge >= 0.3 is 0 Å². The van der Waals surface area contributed by atoms with Gasteiger partial charge in [-0.2, -0.15) is 4.52 Å². The Morgan fingerprint density at radius 2 is 1.84 bits per heavy atom. The predicted molar refractivity (Wildman–Crippen MR) is 119 cm³/mol. The maximum atomic E-state index is 13.2. The summed E-state index contributed by atoms with van der Waals surface area (Å²) in [5.41, 5.74) is 1.61. The molecular formula is C21H17N5O3S2. The molecule has 0 atom stereocenters. The highest BCUT2D eigenvalue weighted by molar-refractivity contribution is 7.91. The average molecular weight is 452 g/mol. The first kappa shape index (κ1) is 19.5. The maximum Gasteiger partial charge on any atom is 0.229 e. The predicted octanol–water partition coefficient (Wildman–Crippen LogP) is 4.31. The van der Waals surface area contributed by atoms with Gasteiger partial charge in [-0.3, -0.25) is 0 Å². The Kier molecular flexibility index (Phi) is 4.79. The first-order valence-electron chi connectivity index (χ1n) is 9.51. The van der Waals surface area contributed by atoms with Crippen LogP contribution < -0.4 is 10.1 Å². The Hall–Kier alpha value is -3.50. The van der Waals surface area contributed by atoms with Crippen molar-refractivity contribution >= 4 is 48.5 Å². The summed E-state index contributed by atoms with van der Waals surface area (Å²) < 4.78 is 34.4. The number of nitrogens with one attached hydrogen (secondary N) is 1. The molecule has 3 aromatic heterocycles. The maximum absolute atomic E-state index is 13.2. The van der Waals surface area contributed by atoms with Gasteiger partial charge in [0.25, 0.3) is 0 Å². The van der Waals surface area contributed by atoms with Crippen molar-refractivity contribution in [2.24, 2.45) is 0 Å². The van der Waals surface area contributed by atoms with Gasteiger partial charge in [-0.1, -0.05) is 35.5 Å². The van der Waals surface area contributed by atoms with E-state index in [1.807, 2.05) is 42.6 Å². The molecule has 156 valence electrons. The zero-order valence-corrected chi connectivity index (χ0v) is 18.0. The number of aromatic nitrogens is 4. The topological polar surface area (TPSA) is 98.5 Å². The van der Waals surface area contributed by atoms with E-state index in [2.05, 4.69) is 20.6 Å². The molecule has 0 aliphatic heterocycles. The Morgan fingerprint density at radius 3 is 2.65 bits per heavy atom. The monoisotopic (exact) mass is 451 g/mol. The third-order valence-electron chi connectivity index (χ3n) is 4.67. The highest BCUT2D eigenvalue weighted by atomic mass is 32.2. The quantitative estimate of drug-likeness (QED) is 0.411. The van der Waals surface area contributed by atoms with Crippen molar-refractivity contribution in [3.05, 3.63) is 66.0 Å². The molecule has 0 unspecified atom stereocenters. The number of sulfone groups is 1. The first-order valence-corrected chi connectivity index (χ1v) is 11.9. The molecule has 8 nitrogen and oxygen atoms in total. The Balaban J connectivity index is 1.70. The first-order chi connectivity index (χ1) is 15.1. The Labute approximate surface area is 182 Å². The summed E-state index contributed by atoms with van der Waals surface area (Å²) >= 11 is 1.48. The van der Waals surface area contributed by atoms with Crippen molar-refractivity contribution in [1.82, 2.24) is 19.8 Å². The second-order valence-electron chi connectivity index (χ2n) is 6.60. The summed E-state index contributed by atoms with van der Waals surface area (Å²) in [4.78, 5) is 4.77. The van der Waals surface area contributed by atoms with E-state index in [0.717, 1.165) is 10.4 Å². The second kappa shape index (κ2) is 7.64. The van der Waals surface area contributed by atoms with Crippen LogP contribution in [0.5, 0.6) is 5.75 Å². The molecule has 0 aliphatic carbocycles. The number of benzene rings is 2. The molecule has 0 spiro atoms. The van der Waals surface area contributed by atoms with Crippen molar-refractivity contribution < 1.29 is 13.2 Å². The van der Waals surface area contributed by atoms with E-state index >= 15 is 0 Å².